The van der Waals surface area contributed by atoms with Crippen LogP contribution in [0.5, 0.6) is 0 Å². The molecule has 0 bridgehead atoms. The fourth-order valence-corrected chi connectivity index (χ4v) is 2.32. The van der Waals surface area contributed by atoms with Crippen LogP contribution in [0.15, 0.2) is 18.2 Å². The van der Waals surface area contributed by atoms with Crippen molar-refractivity contribution >= 4 is 28.5 Å². The van der Waals surface area contributed by atoms with E-state index in [0.29, 0.717) is 5.52 Å². The standard InChI is InChI=1S/C13H12N2O3/c1-13(2)7-3-6-4-10(11(16)17)14-8(6)5-9(7)15-12(13)18/h3-5,14H,1-2H3,(H,15,18)(H,16,17). The van der Waals surface area contributed by atoms with Crippen LogP contribution >= 0.6 is 0 Å². The van der Waals surface area contributed by atoms with Gasteiger partial charge in [0.2, 0.25) is 5.91 Å². The molecular weight excluding hydrogens is 232 g/mol. The molecule has 0 fully saturated rings. The summed E-state index contributed by atoms with van der Waals surface area (Å²) >= 11 is 0. The lowest BCUT2D eigenvalue weighted by Gasteiger charge is -2.14. The van der Waals surface area contributed by atoms with E-state index in [4.69, 9.17) is 5.11 Å². The number of rotatable bonds is 1. The van der Waals surface area contributed by atoms with Crippen molar-refractivity contribution in [2.24, 2.45) is 0 Å². The second-order valence-electron chi connectivity index (χ2n) is 5.05. The number of amides is 1. The summed E-state index contributed by atoms with van der Waals surface area (Å²) in [5.74, 6) is -1.03. The van der Waals surface area contributed by atoms with E-state index >= 15 is 0 Å². The Balaban J connectivity index is 2.26. The molecule has 0 radical (unpaired) electrons. The first-order valence-electron chi connectivity index (χ1n) is 5.61. The molecule has 0 saturated carbocycles. The first kappa shape index (κ1) is 10.8. The minimum atomic E-state index is -0.991. The topological polar surface area (TPSA) is 82.2 Å². The zero-order chi connectivity index (χ0) is 13.1. The summed E-state index contributed by atoms with van der Waals surface area (Å²) < 4.78 is 0. The number of nitrogens with one attached hydrogen (secondary N) is 2. The molecule has 3 rings (SSSR count). The summed E-state index contributed by atoms with van der Waals surface area (Å²) in [5, 5.41) is 12.6. The highest BCUT2D eigenvalue weighted by Gasteiger charge is 2.38. The van der Waals surface area contributed by atoms with Crippen molar-refractivity contribution in [1.29, 1.82) is 0 Å². The number of hydrogen-bond acceptors (Lipinski definition) is 2. The zero-order valence-corrected chi connectivity index (χ0v) is 10.00. The van der Waals surface area contributed by atoms with Crippen LogP contribution in [0.1, 0.15) is 29.9 Å². The van der Waals surface area contributed by atoms with Gasteiger partial charge in [0.25, 0.3) is 0 Å². The number of carbonyl (C=O) groups is 2. The first-order chi connectivity index (χ1) is 8.39. The van der Waals surface area contributed by atoms with E-state index in [-0.39, 0.29) is 11.6 Å². The molecule has 5 nitrogen and oxygen atoms in total. The molecule has 0 aliphatic carbocycles. The van der Waals surface area contributed by atoms with Gasteiger partial charge in [-0.1, -0.05) is 0 Å². The van der Waals surface area contributed by atoms with Gasteiger partial charge in [0.1, 0.15) is 5.69 Å². The van der Waals surface area contributed by atoms with Gasteiger partial charge in [-0.2, -0.15) is 0 Å². The van der Waals surface area contributed by atoms with Crippen LogP contribution in [0.3, 0.4) is 0 Å². The van der Waals surface area contributed by atoms with Gasteiger partial charge in [0.05, 0.1) is 5.41 Å². The summed E-state index contributed by atoms with van der Waals surface area (Å²) in [4.78, 5) is 25.5. The predicted molar refractivity (Wildman–Crippen MR) is 66.9 cm³/mol. The second-order valence-corrected chi connectivity index (χ2v) is 5.05. The maximum absolute atomic E-state index is 11.8. The number of carbonyl (C=O) groups excluding carboxylic acids is 1. The fraction of sp³-hybridized carbons (Fsp3) is 0.231. The van der Waals surface area contributed by atoms with Crippen LogP contribution < -0.4 is 5.32 Å². The summed E-state index contributed by atoms with van der Waals surface area (Å²) in [6.45, 7) is 3.70. The Hall–Kier alpha value is -2.30. The Bertz CT molecular complexity index is 698. The Kier molecular flexibility index (Phi) is 1.88. The zero-order valence-electron chi connectivity index (χ0n) is 10.00. The Morgan fingerprint density at radius 1 is 1.28 bits per heavy atom. The number of benzene rings is 1. The number of aromatic nitrogens is 1. The maximum atomic E-state index is 11.8. The molecule has 1 aliphatic heterocycles. The van der Waals surface area contributed by atoms with Crippen molar-refractivity contribution in [2.45, 2.75) is 19.3 Å². The second kappa shape index (κ2) is 3.13. The third-order valence-electron chi connectivity index (χ3n) is 3.48. The lowest BCUT2D eigenvalue weighted by molar-refractivity contribution is -0.119. The van der Waals surface area contributed by atoms with E-state index in [1.54, 1.807) is 12.1 Å². The van der Waals surface area contributed by atoms with Crippen LogP contribution in [0.4, 0.5) is 5.69 Å². The number of carboxylic acid groups (broad SMARTS) is 1. The summed E-state index contributed by atoms with van der Waals surface area (Å²) in [5.41, 5.74) is 1.93. The van der Waals surface area contributed by atoms with Crippen LogP contribution in [-0.2, 0) is 10.2 Å². The number of H-pyrrole nitrogens is 1. The Morgan fingerprint density at radius 3 is 2.67 bits per heavy atom. The molecule has 2 heterocycles. The molecule has 1 aromatic carbocycles. The molecule has 0 spiro atoms. The quantitative estimate of drug-likeness (QED) is 0.718. The molecule has 18 heavy (non-hydrogen) atoms. The summed E-state index contributed by atoms with van der Waals surface area (Å²) in [6, 6.07) is 5.23. The summed E-state index contributed by atoms with van der Waals surface area (Å²) in [7, 11) is 0. The SMILES string of the molecule is CC1(C)C(=O)Nc2cc3[nH]c(C(=O)O)cc3cc21. The van der Waals surface area contributed by atoms with Gasteiger partial charge in [-0.15, -0.1) is 0 Å². The van der Waals surface area contributed by atoms with Crippen LogP contribution in [0.25, 0.3) is 10.9 Å². The molecule has 92 valence electrons. The highest BCUT2D eigenvalue weighted by atomic mass is 16.4. The van der Waals surface area contributed by atoms with Gasteiger partial charge in [0.15, 0.2) is 0 Å². The molecule has 5 heteroatoms. The summed E-state index contributed by atoms with van der Waals surface area (Å²) in [6.07, 6.45) is 0. The Morgan fingerprint density at radius 2 is 2.00 bits per heavy atom. The number of aromatic carboxylic acids is 1. The van der Waals surface area contributed by atoms with E-state index in [1.807, 2.05) is 19.9 Å². The van der Waals surface area contributed by atoms with E-state index in [2.05, 4.69) is 10.3 Å². The lowest BCUT2D eigenvalue weighted by Crippen LogP contribution is -2.26. The average molecular weight is 244 g/mol. The average Bonchev–Trinajstić information content (AvgIpc) is 2.78. The minimum absolute atomic E-state index is 0.0383. The van der Waals surface area contributed by atoms with Crippen molar-refractivity contribution in [2.75, 3.05) is 5.32 Å². The van der Waals surface area contributed by atoms with Crippen LogP contribution in [-0.4, -0.2) is 22.0 Å². The monoisotopic (exact) mass is 244 g/mol. The molecule has 1 aliphatic rings. The van der Waals surface area contributed by atoms with E-state index < -0.39 is 11.4 Å². The van der Waals surface area contributed by atoms with E-state index in [9.17, 15) is 9.59 Å². The highest BCUT2D eigenvalue weighted by molar-refractivity contribution is 6.08. The Labute approximate surface area is 103 Å². The van der Waals surface area contributed by atoms with E-state index in [0.717, 1.165) is 16.6 Å². The third kappa shape index (κ3) is 1.27. The number of aromatic amines is 1. The minimum Gasteiger partial charge on any atom is -0.477 e. The van der Waals surface area contributed by atoms with Crippen LogP contribution in [0, 0.1) is 0 Å². The van der Waals surface area contributed by atoms with Crippen LogP contribution in [0.2, 0.25) is 0 Å². The van der Waals surface area contributed by atoms with Crippen molar-refractivity contribution in [3.05, 3.63) is 29.5 Å². The number of fused-ring (bicyclic) bond motifs is 2. The largest absolute Gasteiger partial charge is 0.477 e. The van der Waals surface area contributed by atoms with Gasteiger partial charge >= 0.3 is 5.97 Å². The number of hydrogen-bond donors (Lipinski definition) is 3. The van der Waals surface area contributed by atoms with Gasteiger partial charge in [-0.05, 0) is 37.6 Å². The van der Waals surface area contributed by atoms with Gasteiger partial charge in [-0.3, -0.25) is 4.79 Å². The lowest BCUT2D eigenvalue weighted by atomic mass is 9.86. The molecule has 1 amide bonds. The smallest absolute Gasteiger partial charge is 0.352 e. The number of carboxylic acids is 1. The van der Waals surface area contributed by atoms with E-state index in [1.165, 1.54) is 0 Å². The van der Waals surface area contributed by atoms with Gasteiger partial charge in [0, 0.05) is 16.6 Å². The van der Waals surface area contributed by atoms with Crippen molar-refractivity contribution < 1.29 is 14.7 Å². The molecule has 0 saturated heterocycles. The van der Waals surface area contributed by atoms with Crippen molar-refractivity contribution in [1.82, 2.24) is 4.98 Å². The predicted octanol–water partition coefficient (Wildman–Crippen LogP) is 2.10. The molecule has 0 unspecified atom stereocenters. The van der Waals surface area contributed by atoms with Gasteiger partial charge in [-0.25, -0.2) is 4.79 Å². The van der Waals surface area contributed by atoms with Crippen molar-refractivity contribution in [3.8, 4) is 0 Å². The maximum Gasteiger partial charge on any atom is 0.352 e. The number of anilines is 1. The highest BCUT2D eigenvalue weighted by Crippen LogP contribution is 2.39. The third-order valence-corrected chi connectivity index (χ3v) is 3.48. The first-order valence-corrected chi connectivity index (χ1v) is 5.61. The molecule has 0 atom stereocenters. The fourth-order valence-electron chi connectivity index (χ4n) is 2.32. The molecule has 1 aromatic heterocycles. The molecule has 3 N–H and O–H groups in total. The molecule has 2 aromatic rings. The normalized spacial score (nSPS) is 16.7. The van der Waals surface area contributed by atoms with Crippen molar-refractivity contribution in [3.63, 3.8) is 0 Å². The van der Waals surface area contributed by atoms with Gasteiger partial charge < -0.3 is 15.4 Å². The molecular formula is C13H12N2O3.